The largest absolute Gasteiger partial charge is 0.351 e. The van der Waals surface area contributed by atoms with Crippen LogP contribution >= 0.6 is 0 Å². The van der Waals surface area contributed by atoms with Gasteiger partial charge in [0.1, 0.15) is 11.5 Å². The zero-order valence-corrected chi connectivity index (χ0v) is 16.2. The standard InChI is InChI=1S/C23H24N4O/c1-3-13-24-23(28)19-15-21(26-22(25-19)17-9-5-4-6-10-17)27-16(2)14-18-11-7-8-12-20(18)27/h4-12,15-16H,3,13-14H2,1-2H3,(H,24,28). The lowest BCUT2D eigenvalue weighted by Crippen LogP contribution is -2.28. The summed E-state index contributed by atoms with van der Waals surface area (Å²) in [5.74, 6) is 1.16. The van der Waals surface area contributed by atoms with E-state index in [2.05, 4.69) is 40.3 Å². The van der Waals surface area contributed by atoms with E-state index in [1.165, 1.54) is 5.56 Å². The van der Waals surface area contributed by atoms with Gasteiger partial charge in [0.25, 0.3) is 5.91 Å². The fourth-order valence-corrected chi connectivity index (χ4v) is 3.63. The molecule has 4 rings (SSSR count). The summed E-state index contributed by atoms with van der Waals surface area (Å²) >= 11 is 0. The molecule has 5 nitrogen and oxygen atoms in total. The minimum Gasteiger partial charge on any atom is -0.351 e. The number of fused-ring (bicyclic) bond motifs is 1. The molecule has 5 heteroatoms. The number of carbonyl (C=O) groups is 1. The molecule has 0 aliphatic carbocycles. The molecule has 1 N–H and O–H groups in total. The Balaban J connectivity index is 1.81. The third-order valence-corrected chi connectivity index (χ3v) is 4.97. The smallest absolute Gasteiger partial charge is 0.270 e. The summed E-state index contributed by atoms with van der Waals surface area (Å²) < 4.78 is 0. The molecule has 0 radical (unpaired) electrons. The lowest BCUT2D eigenvalue weighted by atomic mass is 10.1. The van der Waals surface area contributed by atoms with E-state index in [0.29, 0.717) is 18.1 Å². The van der Waals surface area contributed by atoms with Gasteiger partial charge in [-0.1, -0.05) is 55.5 Å². The van der Waals surface area contributed by atoms with Crippen molar-refractivity contribution in [3.8, 4) is 11.4 Å². The van der Waals surface area contributed by atoms with Crippen LogP contribution < -0.4 is 10.2 Å². The summed E-state index contributed by atoms with van der Waals surface area (Å²) in [7, 11) is 0. The Kier molecular flexibility index (Phi) is 5.06. The van der Waals surface area contributed by atoms with E-state index in [4.69, 9.17) is 4.98 Å². The van der Waals surface area contributed by atoms with Crippen molar-refractivity contribution in [3.63, 3.8) is 0 Å². The van der Waals surface area contributed by atoms with Crippen LogP contribution in [0.4, 0.5) is 11.5 Å². The predicted molar refractivity (Wildman–Crippen MR) is 112 cm³/mol. The number of nitrogens with zero attached hydrogens (tertiary/aromatic N) is 3. The summed E-state index contributed by atoms with van der Waals surface area (Å²) in [6.07, 6.45) is 1.84. The van der Waals surface area contributed by atoms with Crippen LogP contribution in [-0.4, -0.2) is 28.5 Å². The third-order valence-electron chi connectivity index (χ3n) is 4.97. The number of carbonyl (C=O) groups excluding carboxylic acids is 1. The molecule has 1 aromatic heterocycles. The quantitative estimate of drug-likeness (QED) is 0.723. The first-order valence-electron chi connectivity index (χ1n) is 9.77. The highest BCUT2D eigenvalue weighted by molar-refractivity contribution is 5.93. The van der Waals surface area contributed by atoms with Crippen LogP contribution in [0.5, 0.6) is 0 Å². The van der Waals surface area contributed by atoms with Crippen LogP contribution in [0.3, 0.4) is 0 Å². The van der Waals surface area contributed by atoms with E-state index in [0.717, 1.165) is 29.9 Å². The molecule has 0 saturated heterocycles. The van der Waals surface area contributed by atoms with Gasteiger partial charge in [0.05, 0.1) is 0 Å². The molecule has 1 aliphatic rings. The Hall–Kier alpha value is -3.21. The number of nitrogens with one attached hydrogen (secondary N) is 1. The van der Waals surface area contributed by atoms with Crippen molar-refractivity contribution in [1.82, 2.24) is 15.3 Å². The van der Waals surface area contributed by atoms with E-state index in [9.17, 15) is 4.79 Å². The molecule has 1 aliphatic heterocycles. The highest BCUT2D eigenvalue weighted by Gasteiger charge is 2.29. The van der Waals surface area contributed by atoms with Gasteiger partial charge < -0.3 is 10.2 Å². The Morgan fingerprint density at radius 1 is 1.11 bits per heavy atom. The fraction of sp³-hybridized carbons (Fsp3) is 0.261. The molecule has 28 heavy (non-hydrogen) atoms. The van der Waals surface area contributed by atoms with Crippen molar-refractivity contribution in [1.29, 1.82) is 0 Å². The van der Waals surface area contributed by atoms with Gasteiger partial charge in [-0.15, -0.1) is 0 Å². The number of para-hydroxylation sites is 1. The number of hydrogen-bond donors (Lipinski definition) is 1. The van der Waals surface area contributed by atoms with Gasteiger partial charge in [0, 0.05) is 29.9 Å². The average Bonchev–Trinajstić information content (AvgIpc) is 3.08. The van der Waals surface area contributed by atoms with Crippen molar-refractivity contribution < 1.29 is 4.79 Å². The van der Waals surface area contributed by atoms with Gasteiger partial charge in [-0.3, -0.25) is 4.79 Å². The van der Waals surface area contributed by atoms with Gasteiger partial charge >= 0.3 is 0 Å². The van der Waals surface area contributed by atoms with E-state index in [1.54, 1.807) is 6.07 Å². The topological polar surface area (TPSA) is 58.1 Å². The Labute approximate surface area is 165 Å². The van der Waals surface area contributed by atoms with Gasteiger partial charge in [0.15, 0.2) is 5.82 Å². The van der Waals surface area contributed by atoms with E-state index < -0.39 is 0 Å². The zero-order chi connectivity index (χ0) is 19.5. The van der Waals surface area contributed by atoms with Crippen LogP contribution in [0.25, 0.3) is 11.4 Å². The molecule has 1 unspecified atom stereocenters. The zero-order valence-electron chi connectivity index (χ0n) is 16.2. The van der Waals surface area contributed by atoms with Crippen molar-refractivity contribution in [2.75, 3.05) is 11.4 Å². The second-order valence-corrected chi connectivity index (χ2v) is 7.11. The van der Waals surface area contributed by atoms with Gasteiger partial charge in [-0.05, 0) is 31.4 Å². The van der Waals surface area contributed by atoms with E-state index >= 15 is 0 Å². The lowest BCUT2D eigenvalue weighted by molar-refractivity contribution is 0.0948. The monoisotopic (exact) mass is 372 g/mol. The number of hydrogen-bond acceptors (Lipinski definition) is 4. The van der Waals surface area contributed by atoms with Crippen LogP contribution in [0.1, 0.15) is 36.3 Å². The van der Waals surface area contributed by atoms with Gasteiger partial charge in [-0.25, -0.2) is 9.97 Å². The summed E-state index contributed by atoms with van der Waals surface area (Å²) in [6.45, 7) is 4.84. The molecular weight excluding hydrogens is 348 g/mol. The minimum atomic E-state index is -0.164. The van der Waals surface area contributed by atoms with Crippen LogP contribution in [0.15, 0.2) is 60.7 Å². The molecule has 1 amide bonds. The van der Waals surface area contributed by atoms with Crippen LogP contribution in [0.2, 0.25) is 0 Å². The van der Waals surface area contributed by atoms with Gasteiger partial charge in [0.2, 0.25) is 0 Å². The first kappa shape index (κ1) is 18.2. The second kappa shape index (κ2) is 7.80. The van der Waals surface area contributed by atoms with Crippen molar-refractivity contribution in [2.24, 2.45) is 0 Å². The molecule has 0 saturated carbocycles. The van der Waals surface area contributed by atoms with Crippen molar-refractivity contribution in [2.45, 2.75) is 32.7 Å². The lowest BCUT2D eigenvalue weighted by Gasteiger charge is -2.24. The molecule has 0 bridgehead atoms. The second-order valence-electron chi connectivity index (χ2n) is 7.11. The number of amides is 1. The normalized spacial score (nSPS) is 15.4. The molecule has 0 spiro atoms. The Bertz CT molecular complexity index is 987. The number of aromatic nitrogens is 2. The molecule has 142 valence electrons. The Morgan fingerprint density at radius 2 is 1.86 bits per heavy atom. The molecule has 0 fully saturated rings. The maximum Gasteiger partial charge on any atom is 0.270 e. The summed E-state index contributed by atoms with van der Waals surface area (Å²) in [4.78, 5) is 24.3. The van der Waals surface area contributed by atoms with E-state index in [-0.39, 0.29) is 11.9 Å². The van der Waals surface area contributed by atoms with Gasteiger partial charge in [-0.2, -0.15) is 0 Å². The predicted octanol–water partition coefficient (Wildman–Crippen LogP) is 4.37. The van der Waals surface area contributed by atoms with Crippen molar-refractivity contribution in [3.05, 3.63) is 71.9 Å². The molecular formula is C23H24N4O. The van der Waals surface area contributed by atoms with Crippen LogP contribution in [0, 0.1) is 0 Å². The number of anilines is 2. The SMILES string of the molecule is CCCNC(=O)c1cc(N2c3ccccc3CC2C)nc(-c2ccccc2)n1. The van der Waals surface area contributed by atoms with Crippen molar-refractivity contribution >= 4 is 17.4 Å². The number of benzene rings is 2. The molecule has 2 heterocycles. The minimum absolute atomic E-state index is 0.164. The molecule has 3 aromatic rings. The highest BCUT2D eigenvalue weighted by atomic mass is 16.1. The Morgan fingerprint density at radius 3 is 2.64 bits per heavy atom. The molecule has 2 aromatic carbocycles. The van der Waals surface area contributed by atoms with Crippen LogP contribution in [-0.2, 0) is 6.42 Å². The number of rotatable bonds is 5. The summed E-state index contributed by atoms with van der Waals surface area (Å²) in [5, 5.41) is 2.93. The molecule has 1 atom stereocenters. The maximum absolute atomic E-state index is 12.7. The summed E-state index contributed by atoms with van der Waals surface area (Å²) in [5.41, 5.74) is 3.74. The average molecular weight is 372 g/mol. The maximum atomic E-state index is 12.7. The van der Waals surface area contributed by atoms with E-state index in [1.807, 2.05) is 43.3 Å². The first-order valence-corrected chi connectivity index (χ1v) is 9.77. The fourth-order valence-electron chi connectivity index (χ4n) is 3.63. The first-order chi connectivity index (χ1) is 13.7. The highest BCUT2D eigenvalue weighted by Crippen LogP contribution is 2.37. The summed E-state index contributed by atoms with van der Waals surface area (Å²) in [6, 6.07) is 20.2. The third kappa shape index (κ3) is 3.48.